The van der Waals surface area contributed by atoms with E-state index in [2.05, 4.69) is 21.1 Å². The van der Waals surface area contributed by atoms with Crippen LogP contribution in [-0.2, 0) is 19.2 Å². The van der Waals surface area contributed by atoms with Gasteiger partial charge in [0.25, 0.3) is 0 Å². The third-order valence-electron chi connectivity index (χ3n) is 3.30. The molecule has 7 nitrogen and oxygen atoms in total. The molecule has 0 unspecified atom stereocenters. The van der Waals surface area contributed by atoms with Crippen LogP contribution in [0.15, 0.2) is 33.9 Å². The molecule has 1 aromatic carbocycles. The van der Waals surface area contributed by atoms with Gasteiger partial charge in [-0.05, 0) is 18.6 Å². The van der Waals surface area contributed by atoms with Gasteiger partial charge in [-0.1, -0.05) is 33.2 Å². The Kier molecular flexibility index (Phi) is 5.86. The van der Waals surface area contributed by atoms with Crippen LogP contribution >= 0.6 is 15.9 Å². The Morgan fingerprint density at radius 3 is 2.43 bits per heavy atom. The van der Waals surface area contributed by atoms with E-state index in [4.69, 9.17) is 10.6 Å². The fourth-order valence-corrected chi connectivity index (χ4v) is 2.34. The van der Waals surface area contributed by atoms with Crippen molar-refractivity contribution in [1.82, 2.24) is 4.90 Å². The van der Waals surface area contributed by atoms with E-state index in [1.807, 2.05) is 0 Å². The molecule has 1 aliphatic heterocycles. The Labute approximate surface area is 141 Å². The lowest BCUT2D eigenvalue weighted by Crippen LogP contribution is -2.30. The Morgan fingerprint density at radius 2 is 1.83 bits per heavy atom. The van der Waals surface area contributed by atoms with E-state index < -0.39 is 5.97 Å². The van der Waals surface area contributed by atoms with Gasteiger partial charge in [-0.15, -0.1) is 0 Å². The standard InChI is InChI=1S/C15H16BrN3O4/c16-11-5-3-10(4-6-11)15(17)18-23-14(22)2-1-9-19-12(20)7-8-13(19)21/h3-6H,1-2,7-9H2,(H2,17,18). The minimum absolute atomic E-state index is 0.0498. The predicted molar refractivity (Wildman–Crippen MR) is 86.1 cm³/mol. The number of hydrogen-bond acceptors (Lipinski definition) is 5. The first-order valence-electron chi connectivity index (χ1n) is 7.10. The number of carbonyl (C=O) groups excluding carboxylic acids is 3. The van der Waals surface area contributed by atoms with E-state index in [1.54, 1.807) is 24.3 Å². The van der Waals surface area contributed by atoms with Gasteiger partial charge in [0.05, 0.1) is 0 Å². The van der Waals surface area contributed by atoms with E-state index >= 15 is 0 Å². The molecule has 2 amide bonds. The van der Waals surface area contributed by atoms with E-state index in [0.29, 0.717) is 12.0 Å². The summed E-state index contributed by atoms with van der Waals surface area (Å²) in [6, 6.07) is 7.07. The molecule has 0 spiro atoms. The summed E-state index contributed by atoms with van der Waals surface area (Å²) in [7, 11) is 0. The quantitative estimate of drug-likeness (QED) is 0.264. The van der Waals surface area contributed by atoms with Crippen LogP contribution in [0.1, 0.15) is 31.2 Å². The first kappa shape index (κ1) is 17.1. The number of carbonyl (C=O) groups is 3. The van der Waals surface area contributed by atoms with Crippen molar-refractivity contribution < 1.29 is 19.2 Å². The Hall–Kier alpha value is -2.22. The first-order valence-corrected chi connectivity index (χ1v) is 7.89. The van der Waals surface area contributed by atoms with Crippen LogP contribution < -0.4 is 5.73 Å². The molecule has 0 atom stereocenters. The molecule has 0 aliphatic carbocycles. The number of nitrogens with two attached hydrogens (primary N) is 1. The van der Waals surface area contributed by atoms with Crippen molar-refractivity contribution in [2.24, 2.45) is 10.9 Å². The molecule has 0 aromatic heterocycles. The zero-order valence-corrected chi connectivity index (χ0v) is 13.9. The predicted octanol–water partition coefficient (Wildman–Crippen LogP) is 1.54. The SMILES string of the molecule is N/C(=N\OC(=O)CCCN1C(=O)CCC1=O)c1ccc(Br)cc1. The van der Waals surface area contributed by atoms with Gasteiger partial charge in [0.2, 0.25) is 11.8 Å². The van der Waals surface area contributed by atoms with Crippen LogP contribution in [0.5, 0.6) is 0 Å². The second kappa shape index (κ2) is 7.87. The molecule has 0 saturated carbocycles. The Bertz CT molecular complexity index is 627. The van der Waals surface area contributed by atoms with Crippen molar-refractivity contribution in [1.29, 1.82) is 0 Å². The van der Waals surface area contributed by atoms with E-state index in [1.165, 1.54) is 4.90 Å². The van der Waals surface area contributed by atoms with Gasteiger partial charge in [0.15, 0.2) is 5.84 Å². The molecule has 8 heteroatoms. The molecular weight excluding hydrogens is 366 g/mol. The molecule has 1 heterocycles. The van der Waals surface area contributed by atoms with Crippen molar-refractivity contribution in [2.45, 2.75) is 25.7 Å². The number of amidine groups is 1. The molecule has 1 aliphatic rings. The van der Waals surface area contributed by atoms with Crippen molar-refractivity contribution in [3.63, 3.8) is 0 Å². The summed E-state index contributed by atoms with van der Waals surface area (Å²) in [5.41, 5.74) is 6.35. The van der Waals surface area contributed by atoms with Gasteiger partial charge in [-0.2, -0.15) is 0 Å². The van der Waals surface area contributed by atoms with E-state index in [0.717, 1.165) is 4.47 Å². The van der Waals surface area contributed by atoms with Crippen LogP contribution in [0, 0.1) is 0 Å². The lowest BCUT2D eigenvalue weighted by atomic mass is 10.2. The van der Waals surface area contributed by atoms with Crippen LogP contribution in [-0.4, -0.2) is 35.1 Å². The molecule has 1 aromatic rings. The number of halogens is 1. The number of likely N-dealkylation sites (tertiary alicyclic amines) is 1. The summed E-state index contributed by atoms with van der Waals surface area (Å²) in [4.78, 5) is 40.3. The number of hydrogen-bond donors (Lipinski definition) is 1. The number of imide groups is 1. The topological polar surface area (TPSA) is 102 Å². The van der Waals surface area contributed by atoms with Crippen LogP contribution in [0.2, 0.25) is 0 Å². The fourth-order valence-electron chi connectivity index (χ4n) is 2.07. The van der Waals surface area contributed by atoms with E-state index in [9.17, 15) is 14.4 Å². The van der Waals surface area contributed by atoms with Crippen molar-refractivity contribution in [2.75, 3.05) is 6.54 Å². The first-order chi connectivity index (χ1) is 11.0. The summed E-state index contributed by atoms with van der Waals surface area (Å²) in [5.74, 6) is -0.860. The zero-order chi connectivity index (χ0) is 16.8. The molecular formula is C15H16BrN3O4. The minimum Gasteiger partial charge on any atom is -0.380 e. The number of oxime groups is 1. The van der Waals surface area contributed by atoms with Gasteiger partial charge in [-0.3, -0.25) is 14.5 Å². The minimum atomic E-state index is -0.566. The van der Waals surface area contributed by atoms with Crippen LogP contribution in [0.3, 0.4) is 0 Å². The summed E-state index contributed by atoms with van der Waals surface area (Å²) in [5, 5.41) is 3.59. The van der Waals surface area contributed by atoms with E-state index in [-0.39, 0.29) is 43.5 Å². The summed E-state index contributed by atoms with van der Waals surface area (Å²) >= 11 is 3.30. The lowest BCUT2D eigenvalue weighted by Gasteiger charge is -2.12. The third kappa shape index (κ3) is 4.88. The van der Waals surface area contributed by atoms with Gasteiger partial charge in [0, 0.05) is 35.8 Å². The second-order valence-corrected chi connectivity index (χ2v) is 5.91. The summed E-state index contributed by atoms with van der Waals surface area (Å²) in [6.07, 6.45) is 0.882. The highest BCUT2D eigenvalue weighted by molar-refractivity contribution is 9.10. The van der Waals surface area contributed by atoms with Crippen LogP contribution in [0.25, 0.3) is 0 Å². The number of rotatable bonds is 6. The molecule has 23 heavy (non-hydrogen) atoms. The average Bonchev–Trinajstić information content (AvgIpc) is 2.85. The maximum absolute atomic E-state index is 11.6. The molecule has 122 valence electrons. The molecule has 1 saturated heterocycles. The van der Waals surface area contributed by atoms with Gasteiger partial charge in [0.1, 0.15) is 0 Å². The number of nitrogens with zero attached hydrogens (tertiary/aromatic N) is 2. The normalized spacial score (nSPS) is 15.2. The van der Waals surface area contributed by atoms with Gasteiger partial charge < -0.3 is 10.6 Å². The molecule has 0 bridgehead atoms. The average molecular weight is 382 g/mol. The smallest absolute Gasteiger partial charge is 0.335 e. The van der Waals surface area contributed by atoms with Crippen molar-refractivity contribution in [3.05, 3.63) is 34.3 Å². The largest absolute Gasteiger partial charge is 0.380 e. The molecule has 1 fully saturated rings. The fraction of sp³-hybridized carbons (Fsp3) is 0.333. The van der Waals surface area contributed by atoms with Gasteiger partial charge >= 0.3 is 5.97 Å². The number of amides is 2. The Morgan fingerprint density at radius 1 is 1.22 bits per heavy atom. The highest BCUT2D eigenvalue weighted by atomic mass is 79.9. The van der Waals surface area contributed by atoms with Crippen molar-refractivity contribution >= 4 is 39.5 Å². The number of benzene rings is 1. The highest BCUT2D eigenvalue weighted by Gasteiger charge is 2.28. The molecule has 2 rings (SSSR count). The lowest BCUT2D eigenvalue weighted by molar-refractivity contribution is -0.145. The van der Waals surface area contributed by atoms with Crippen molar-refractivity contribution in [3.8, 4) is 0 Å². The highest BCUT2D eigenvalue weighted by Crippen LogP contribution is 2.13. The summed E-state index contributed by atoms with van der Waals surface area (Å²) in [6.45, 7) is 0.221. The monoisotopic (exact) mass is 381 g/mol. The Balaban J connectivity index is 1.76. The summed E-state index contributed by atoms with van der Waals surface area (Å²) < 4.78 is 0.900. The molecule has 2 N–H and O–H groups in total. The van der Waals surface area contributed by atoms with Gasteiger partial charge in [-0.25, -0.2) is 4.79 Å². The second-order valence-electron chi connectivity index (χ2n) is 4.99. The zero-order valence-electron chi connectivity index (χ0n) is 12.3. The maximum Gasteiger partial charge on any atom is 0.335 e. The third-order valence-corrected chi connectivity index (χ3v) is 3.83. The van der Waals surface area contributed by atoms with Crippen LogP contribution in [0.4, 0.5) is 0 Å². The maximum atomic E-state index is 11.6. The molecule has 0 radical (unpaired) electrons.